The Morgan fingerprint density at radius 2 is 2.11 bits per heavy atom. The highest BCUT2D eigenvalue weighted by atomic mass is 35.5. The molecule has 1 aliphatic heterocycles. The van der Waals surface area contributed by atoms with E-state index >= 15 is 0 Å². The van der Waals surface area contributed by atoms with Crippen molar-refractivity contribution in [2.24, 2.45) is 10.2 Å². The van der Waals surface area contributed by atoms with E-state index < -0.39 is 0 Å². The number of anilines is 1. The summed E-state index contributed by atoms with van der Waals surface area (Å²) in [4.78, 5) is 0. The Labute approximate surface area is 115 Å². The van der Waals surface area contributed by atoms with Crippen LogP contribution in [0, 0.1) is 5.41 Å². The fourth-order valence-electron chi connectivity index (χ4n) is 1.82. The maximum atomic E-state index is 9.42. The van der Waals surface area contributed by atoms with E-state index in [1.54, 1.807) is 25.1 Å². The molecule has 1 aliphatic rings. The van der Waals surface area contributed by atoms with E-state index in [4.69, 9.17) is 17.0 Å². The van der Waals surface area contributed by atoms with Gasteiger partial charge < -0.3 is 10.4 Å². The van der Waals surface area contributed by atoms with E-state index in [9.17, 15) is 5.11 Å². The highest BCUT2D eigenvalue weighted by Gasteiger charge is 2.20. The highest BCUT2D eigenvalue weighted by Crippen LogP contribution is 2.20. The molecular formula is C13H13ClN4O. The van der Waals surface area contributed by atoms with Gasteiger partial charge in [-0.15, -0.1) is 5.10 Å². The van der Waals surface area contributed by atoms with Crippen molar-refractivity contribution in [2.75, 3.05) is 5.32 Å². The molecule has 0 unspecified atom stereocenters. The van der Waals surface area contributed by atoms with E-state index in [1.165, 1.54) is 0 Å². The lowest BCUT2D eigenvalue weighted by Crippen LogP contribution is -2.22. The van der Waals surface area contributed by atoms with Gasteiger partial charge in [0.25, 0.3) is 0 Å². The number of phenolic OH excluding ortho intramolecular Hbond substituents is 1. The number of allylic oxidation sites excluding steroid dienone is 2. The standard InChI is InChI=1S/C13H13ClN4O/c1-7(16-9-4-3-5-10(19)6-9)11-8(2)17-18-13(14)12(11)15/h3-6,15-16,19H,1-2H3/b11-7-,15-12?. The van der Waals surface area contributed by atoms with Crippen molar-refractivity contribution in [3.8, 4) is 5.75 Å². The van der Waals surface area contributed by atoms with Crippen LogP contribution in [0.15, 0.2) is 45.7 Å². The van der Waals surface area contributed by atoms with Gasteiger partial charge in [-0.3, -0.25) is 5.41 Å². The second-order valence-electron chi connectivity index (χ2n) is 4.13. The lowest BCUT2D eigenvalue weighted by atomic mass is 10.0. The molecule has 3 N–H and O–H groups in total. The Bertz CT molecular complexity index is 627. The summed E-state index contributed by atoms with van der Waals surface area (Å²) in [5, 5.41) is 28.1. The summed E-state index contributed by atoms with van der Waals surface area (Å²) >= 11 is 5.82. The zero-order valence-corrected chi connectivity index (χ0v) is 11.3. The van der Waals surface area contributed by atoms with Gasteiger partial charge in [-0.25, -0.2) is 0 Å². The van der Waals surface area contributed by atoms with Gasteiger partial charge in [-0.2, -0.15) is 5.10 Å². The zero-order valence-electron chi connectivity index (χ0n) is 10.5. The van der Waals surface area contributed by atoms with Crippen LogP contribution in [0.5, 0.6) is 5.75 Å². The molecule has 2 rings (SSSR count). The van der Waals surface area contributed by atoms with E-state index in [2.05, 4.69) is 15.5 Å². The minimum Gasteiger partial charge on any atom is -0.508 e. The Morgan fingerprint density at radius 1 is 1.37 bits per heavy atom. The van der Waals surface area contributed by atoms with Crippen molar-refractivity contribution in [3.05, 3.63) is 35.5 Å². The molecule has 6 heteroatoms. The van der Waals surface area contributed by atoms with Crippen LogP contribution in [0.4, 0.5) is 5.69 Å². The van der Waals surface area contributed by atoms with E-state index in [-0.39, 0.29) is 16.6 Å². The van der Waals surface area contributed by atoms with Crippen molar-refractivity contribution >= 4 is 33.9 Å². The number of aromatic hydroxyl groups is 1. The SMILES string of the molecule is CC1=NN=C(Cl)C(=N)/C1=C(/C)Nc1cccc(O)c1. The topological polar surface area (TPSA) is 80.8 Å². The van der Waals surface area contributed by atoms with Crippen LogP contribution < -0.4 is 5.32 Å². The van der Waals surface area contributed by atoms with Gasteiger partial charge in [0.05, 0.1) is 5.71 Å². The third-order valence-corrected chi connectivity index (χ3v) is 2.92. The molecule has 0 atom stereocenters. The van der Waals surface area contributed by atoms with Crippen molar-refractivity contribution in [1.82, 2.24) is 0 Å². The summed E-state index contributed by atoms with van der Waals surface area (Å²) in [7, 11) is 0. The molecule has 0 saturated carbocycles. The zero-order chi connectivity index (χ0) is 14.0. The lowest BCUT2D eigenvalue weighted by Gasteiger charge is -2.16. The summed E-state index contributed by atoms with van der Waals surface area (Å²) in [6.07, 6.45) is 0. The average molecular weight is 277 g/mol. The van der Waals surface area contributed by atoms with E-state index in [0.29, 0.717) is 11.3 Å². The number of nitrogens with zero attached hydrogens (tertiary/aromatic N) is 2. The number of nitrogens with one attached hydrogen (secondary N) is 2. The number of halogens is 1. The van der Waals surface area contributed by atoms with E-state index in [0.717, 1.165) is 11.4 Å². The summed E-state index contributed by atoms with van der Waals surface area (Å²) in [5.74, 6) is 0.173. The van der Waals surface area contributed by atoms with Gasteiger partial charge in [0, 0.05) is 23.0 Å². The third kappa shape index (κ3) is 2.82. The van der Waals surface area contributed by atoms with Crippen LogP contribution >= 0.6 is 11.6 Å². The first kappa shape index (κ1) is 13.3. The van der Waals surface area contributed by atoms with E-state index in [1.807, 2.05) is 13.0 Å². The molecule has 0 amide bonds. The van der Waals surface area contributed by atoms with Crippen LogP contribution in [0.25, 0.3) is 0 Å². The van der Waals surface area contributed by atoms with Crippen LogP contribution in [-0.4, -0.2) is 21.7 Å². The molecule has 1 aromatic rings. The highest BCUT2D eigenvalue weighted by molar-refractivity contribution is 6.87. The molecule has 98 valence electrons. The molecular weight excluding hydrogens is 264 g/mol. The van der Waals surface area contributed by atoms with Crippen LogP contribution in [-0.2, 0) is 0 Å². The largest absolute Gasteiger partial charge is 0.508 e. The van der Waals surface area contributed by atoms with Gasteiger partial charge in [0.2, 0.25) is 0 Å². The van der Waals surface area contributed by atoms with Gasteiger partial charge in [0.1, 0.15) is 11.5 Å². The fourth-order valence-corrected chi connectivity index (χ4v) is 1.96. The van der Waals surface area contributed by atoms with Crippen molar-refractivity contribution in [1.29, 1.82) is 5.41 Å². The molecule has 0 aromatic heterocycles. The second kappa shape index (κ2) is 5.24. The first-order valence-corrected chi connectivity index (χ1v) is 6.01. The monoisotopic (exact) mass is 276 g/mol. The van der Waals surface area contributed by atoms with Gasteiger partial charge in [-0.1, -0.05) is 17.7 Å². The number of hydrogen-bond donors (Lipinski definition) is 3. The van der Waals surface area contributed by atoms with Crippen LogP contribution in [0.2, 0.25) is 0 Å². The summed E-state index contributed by atoms with van der Waals surface area (Å²) in [5.41, 5.74) is 2.83. The minimum absolute atomic E-state index is 0.0673. The van der Waals surface area contributed by atoms with Gasteiger partial charge in [0.15, 0.2) is 5.17 Å². The normalized spacial score (nSPS) is 17.7. The Kier molecular flexibility index (Phi) is 3.66. The Balaban J connectivity index is 2.35. The summed E-state index contributed by atoms with van der Waals surface area (Å²) in [6.45, 7) is 3.59. The summed E-state index contributed by atoms with van der Waals surface area (Å²) < 4.78 is 0. The predicted octanol–water partition coefficient (Wildman–Crippen LogP) is 3.12. The number of phenols is 1. The molecule has 0 spiro atoms. The maximum absolute atomic E-state index is 9.42. The average Bonchev–Trinajstić information content (AvgIpc) is 2.34. The van der Waals surface area contributed by atoms with Gasteiger partial charge in [-0.05, 0) is 26.0 Å². The Hall–Kier alpha value is -2.14. The minimum atomic E-state index is 0.0673. The first-order valence-electron chi connectivity index (χ1n) is 5.63. The molecule has 0 aliphatic carbocycles. The Morgan fingerprint density at radius 3 is 2.79 bits per heavy atom. The number of hydrogen-bond acceptors (Lipinski definition) is 5. The maximum Gasteiger partial charge on any atom is 0.177 e. The quantitative estimate of drug-likeness (QED) is 0.776. The number of benzene rings is 1. The van der Waals surface area contributed by atoms with Crippen molar-refractivity contribution in [2.45, 2.75) is 13.8 Å². The molecule has 1 aromatic carbocycles. The van der Waals surface area contributed by atoms with Crippen molar-refractivity contribution < 1.29 is 5.11 Å². The molecule has 1 heterocycles. The molecule has 0 radical (unpaired) electrons. The van der Waals surface area contributed by atoms with Gasteiger partial charge >= 0.3 is 0 Å². The fraction of sp³-hybridized carbons (Fsp3) is 0.154. The van der Waals surface area contributed by atoms with Crippen LogP contribution in [0.1, 0.15) is 13.8 Å². The third-order valence-electron chi connectivity index (χ3n) is 2.66. The van der Waals surface area contributed by atoms with Crippen molar-refractivity contribution in [3.63, 3.8) is 0 Å². The molecule has 0 fully saturated rings. The number of rotatable bonds is 2. The smallest absolute Gasteiger partial charge is 0.177 e. The lowest BCUT2D eigenvalue weighted by molar-refractivity contribution is 0.475. The second-order valence-corrected chi connectivity index (χ2v) is 4.48. The molecule has 5 nitrogen and oxygen atoms in total. The first-order chi connectivity index (χ1) is 8.99. The predicted molar refractivity (Wildman–Crippen MR) is 78.6 cm³/mol. The summed E-state index contributed by atoms with van der Waals surface area (Å²) in [6, 6.07) is 6.74. The molecule has 0 saturated heterocycles. The van der Waals surface area contributed by atoms with Crippen LogP contribution in [0.3, 0.4) is 0 Å². The molecule has 19 heavy (non-hydrogen) atoms. The molecule has 0 bridgehead atoms.